The molecule has 0 fully saturated rings. The van der Waals surface area contributed by atoms with Crippen LogP contribution >= 0.6 is 0 Å². The van der Waals surface area contributed by atoms with Crippen LogP contribution in [-0.4, -0.2) is 0 Å². The van der Waals surface area contributed by atoms with E-state index in [-0.39, 0.29) is 5.41 Å². The summed E-state index contributed by atoms with van der Waals surface area (Å²) in [6.07, 6.45) is 6.47. The third-order valence-corrected chi connectivity index (χ3v) is 13.5. The van der Waals surface area contributed by atoms with Gasteiger partial charge in [0.15, 0.2) is 0 Å². The number of hydrogen-bond acceptors (Lipinski definition) is 1. The first-order valence-corrected chi connectivity index (χ1v) is 21.1. The number of nitrogens with zero attached hydrogens (tertiary/aromatic N) is 1. The minimum absolute atomic E-state index is 0.107. The second-order valence-electron chi connectivity index (χ2n) is 16.8. The molecule has 0 N–H and O–H groups in total. The van der Waals surface area contributed by atoms with Gasteiger partial charge >= 0.3 is 0 Å². The standard InChI is InChI=1S/C59H45N/c1-5-17-52-45(6-2)47-20-11-14-25-53(47)59(52)54-26-15-12-22-50(54)57-46(23-16-27-55(57)59)41-30-34-43(35-31-41)60(42-32-28-40(29-33-42)39-18-8-7-9-19-39)44-36-37-49-48-21-10-13-24-51(48)58(3,4)56(49)38-44/h5-38H,1H2,2-4H3/b45-6-,52-17?. The van der Waals surface area contributed by atoms with Crippen molar-refractivity contribution in [2.24, 2.45) is 0 Å². The molecule has 3 aliphatic rings. The molecule has 0 radical (unpaired) electrons. The maximum Gasteiger partial charge on any atom is 0.0725 e. The second kappa shape index (κ2) is 13.7. The number of allylic oxidation sites excluding steroid dienone is 5. The Hall–Kier alpha value is -7.22. The lowest BCUT2D eigenvalue weighted by Gasteiger charge is -2.31. The monoisotopic (exact) mass is 767 g/mol. The van der Waals surface area contributed by atoms with Crippen molar-refractivity contribution in [1.82, 2.24) is 0 Å². The van der Waals surface area contributed by atoms with Gasteiger partial charge in [0.1, 0.15) is 0 Å². The molecule has 1 unspecified atom stereocenters. The van der Waals surface area contributed by atoms with Crippen LogP contribution in [0, 0.1) is 0 Å². The maximum absolute atomic E-state index is 4.20. The highest BCUT2D eigenvalue weighted by molar-refractivity contribution is 6.03. The van der Waals surface area contributed by atoms with Crippen LogP contribution in [0.2, 0.25) is 0 Å². The quantitative estimate of drug-likeness (QED) is 0.163. The summed E-state index contributed by atoms with van der Waals surface area (Å²) in [6, 6.07) is 69.7. The van der Waals surface area contributed by atoms with Crippen molar-refractivity contribution < 1.29 is 0 Å². The number of anilines is 3. The molecule has 60 heavy (non-hydrogen) atoms. The lowest BCUT2D eigenvalue weighted by Crippen LogP contribution is -2.26. The lowest BCUT2D eigenvalue weighted by molar-refractivity contribution is 0.660. The summed E-state index contributed by atoms with van der Waals surface area (Å²) in [7, 11) is 0. The van der Waals surface area contributed by atoms with Gasteiger partial charge in [0, 0.05) is 22.5 Å². The zero-order valence-electron chi connectivity index (χ0n) is 34.3. The van der Waals surface area contributed by atoms with E-state index in [1.165, 1.54) is 89.0 Å². The van der Waals surface area contributed by atoms with Crippen LogP contribution in [0.15, 0.2) is 218 Å². The Morgan fingerprint density at radius 1 is 0.433 bits per heavy atom. The summed E-state index contributed by atoms with van der Waals surface area (Å²) in [5, 5.41) is 0. The Morgan fingerprint density at radius 2 is 0.950 bits per heavy atom. The maximum atomic E-state index is 4.20. The molecule has 11 rings (SSSR count). The van der Waals surface area contributed by atoms with E-state index >= 15 is 0 Å². The summed E-state index contributed by atoms with van der Waals surface area (Å²) in [5.74, 6) is 0. The average molecular weight is 768 g/mol. The van der Waals surface area contributed by atoms with Crippen molar-refractivity contribution in [3.05, 3.63) is 252 Å². The first-order chi connectivity index (χ1) is 29.4. The van der Waals surface area contributed by atoms with Crippen LogP contribution in [0.1, 0.15) is 54.2 Å². The number of hydrogen-bond donors (Lipinski definition) is 0. The molecule has 0 heterocycles. The highest BCUT2D eigenvalue weighted by Crippen LogP contribution is 2.65. The Balaban J connectivity index is 1.06. The minimum atomic E-state index is -0.432. The van der Waals surface area contributed by atoms with Gasteiger partial charge in [-0.25, -0.2) is 0 Å². The van der Waals surface area contributed by atoms with Gasteiger partial charge < -0.3 is 4.90 Å². The van der Waals surface area contributed by atoms with E-state index in [4.69, 9.17) is 0 Å². The predicted octanol–water partition coefficient (Wildman–Crippen LogP) is 15.6. The van der Waals surface area contributed by atoms with E-state index in [0.717, 1.165) is 17.1 Å². The zero-order valence-corrected chi connectivity index (χ0v) is 34.3. The summed E-state index contributed by atoms with van der Waals surface area (Å²) >= 11 is 0. The van der Waals surface area contributed by atoms with Gasteiger partial charge in [-0.2, -0.15) is 0 Å². The average Bonchev–Trinajstić information content (AvgIpc) is 3.85. The number of benzene rings is 8. The summed E-state index contributed by atoms with van der Waals surface area (Å²) in [5.41, 5.74) is 23.5. The van der Waals surface area contributed by atoms with Crippen LogP contribution in [0.5, 0.6) is 0 Å². The molecule has 0 aliphatic heterocycles. The van der Waals surface area contributed by atoms with E-state index in [1.807, 2.05) is 6.08 Å². The number of rotatable bonds is 6. The molecule has 3 aliphatic carbocycles. The van der Waals surface area contributed by atoms with Gasteiger partial charge in [0.05, 0.1) is 5.41 Å². The highest BCUT2D eigenvalue weighted by Gasteiger charge is 2.53. The first-order valence-electron chi connectivity index (χ1n) is 21.1. The van der Waals surface area contributed by atoms with Gasteiger partial charge in [0.2, 0.25) is 0 Å². The lowest BCUT2D eigenvalue weighted by atomic mass is 9.70. The molecule has 1 atom stereocenters. The molecule has 0 saturated heterocycles. The fourth-order valence-electron chi connectivity index (χ4n) is 10.8. The topological polar surface area (TPSA) is 3.24 Å². The predicted molar refractivity (Wildman–Crippen MR) is 253 cm³/mol. The molecule has 0 bridgehead atoms. The van der Waals surface area contributed by atoms with Crippen molar-refractivity contribution in [1.29, 1.82) is 0 Å². The van der Waals surface area contributed by atoms with Crippen molar-refractivity contribution in [3.8, 4) is 44.5 Å². The minimum Gasteiger partial charge on any atom is -0.310 e. The zero-order chi connectivity index (χ0) is 40.6. The van der Waals surface area contributed by atoms with Crippen LogP contribution in [0.4, 0.5) is 17.1 Å². The molecule has 286 valence electrons. The molecular weight excluding hydrogens is 723 g/mol. The molecule has 8 aromatic rings. The van der Waals surface area contributed by atoms with E-state index in [2.05, 4.69) is 232 Å². The molecule has 0 saturated carbocycles. The van der Waals surface area contributed by atoms with E-state index < -0.39 is 5.41 Å². The Bertz CT molecular complexity index is 3070. The van der Waals surface area contributed by atoms with Crippen molar-refractivity contribution in [2.45, 2.75) is 31.6 Å². The largest absolute Gasteiger partial charge is 0.310 e. The van der Waals surface area contributed by atoms with Crippen molar-refractivity contribution in [3.63, 3.8) is 0 Å². The SMILES string of the molecule is C=CC=C1/C(=C\C)c2ccccc2C12c1ccccc1-c1c(-c3ccc(N(c4ccc(-c5ccccc5)cc4)c4ccc5c(c4)C(C)(C)c4ccccc4-5)cc3)cccc12. The van der Waals surface area contributed by atoms with Crippen LogP contribution in [0.3, 0.4) is 0 Å². The molecule has 1 spiro atoms. The van der Waals surface area contributed by atoms with Crippen molar-refractivity contribution in [2.75, 3.05) is 4.90 Å². The Labute approximate surface area is 354 Å². The number of fused-ring (bicyclic) bond motifs is 10. The third-order valence-electron chi connectivity index (χ3n) is 13.5. The molecule has 0 amide bonds. The van der Waals surface area contributed by atoms with Gasteiger partial charge in [-0.1, -0.05) is 190 Å². The summed E-state index contributed by atoms with van der Waals surface area (Å²) in [4.78, 5) is 2.41. The molecule has 0 aromatic heterocycles. The normalized spacial score (nSPS) is 17.6. The van der Waals surface area contributed by atoms with Crippen LogP contribution in [0.25, 0.3) is 50.1 Å². The fourth-order valence-corrected chi connectivity index (χ4v) is 10.8. The molecule has 8 aromatic carbocycles. The van der Waals surface area contributed by atoms with E-state index in [9.17, 15) is 0 Å². The summed E-state index contributed by atoms with van der Waals surface area (Å²) < 4.78 is 0. The van der Waals surface area contributed by atoms with E-state index in [0.29, 0.717) is 0 Å². The van der Waals surface area contributed by atoms with Gasteiger partial charge in [-0.15, -0.1) is 0 Å². The summed E-state index contributed by atoms with van der Waals surface area (Å²) in [6.45, 7) is 11.1. The van der Waals surface area contributed by atoms with Gasteiger partial charge in [-0.3, -0.25) is 0 Å². The molecule has 1 heteroatoms. The fraction of sp³-hybridized carbons (Fsp3) is 0.0847. The second-order valence-corrected chi connectivity index (χ2v) is 16.8. The molecular formula is C59H45N. The third kappa shape index (κ3) is 5.05. The van der Waals surface area contributed by atoms with Gasteiger partial charge in [-0.05, 0) is 132 Å². The Kier molecular flexibility index (Phi) is 8.19. The van der Waals surface area contributed by atoms with E-state index in [1.54, 1.807) is 0 Å². The first kappa shape index (κ1) is 35.9. The molecule has 1 nitrogen and oxygen atoms in total. The Morgan fingerprint density at radius 3 is 1.63 bits per heavy atom. The van der Waals surface area contributed by atoms with Gasteiger partial charge in [0.25, 0.3) is 0 Å². The smallest absolute Gasteiger partial charge is 0.0725 e. The highest BCUT2D eigenvalue weighted by atomic mass is 15.1. The van der Waals surface area contributed by atoms with Crippen LogP contribution < -0.4 is 4.90 Å². The van der Waals surface area contributed by atoms with Crippen molar-refractivity contribution >= 4 is 22.6 Å². The van der Waals surface area contributed by atoms with Crippen LogP contribution in [-0.2, 0) is 10.8 Å².